The Morgan fingerprint density at radius 3 is 2.05 bits per heavy atom. The lowest BCUT2D eigenvalue weighted by atomic mass is 10.0. The molecule has 0 fully saturated rings. The summed E-state index contributed by atoms with van der Waals surface area (Å²) in [7, 11) is 0. The number of unbranched alkanes of at least 4 members (excludes halogenated alkanes) is 7. The van der Waals surface area contributed by atoms with Crippen LogP contribution >= 0.6 is 0 Å². The van der Waals surface area contributed by atoms with Crippen molar-refractivity contribution in [1.82, 2.24) is 0 Å². The maximum absolute atomic E-state index is 11.5. The van der Waals surface area contributed by atoms with Gasteiger partial charge in [0.05, 0.1) is 6.61 Å². The fourth-order valence-electron chi connectivity index (χ4n) is 1.95. The molecule has 0 amide bonds. The van der Waals surface area contributed by atoms with Gasteiger partial charge < -0.3 is 9.84 Å². The Morgan fingerprint density at radius 2 is 1.53 bits per heavy atom. The van der Waals surface area contributed by atoms with Crippen LogP contribution in [0, 0.1) is 5.92 Å². The van der Waals surface area contributed by atoms with Gasteiger partial charge in [0.2, 0.25) is 0 Å². The molecule has 0 aliphatic heterocycles. The second kappa shape index (κ2) is 12.5. The third kappa shape index (κ3) is 9.94. The SMILES string of the molecule is CCCCCCCCCCOC(=O)C(O)C(C)CC. The maximum Gasteiger partial charge on any atom is 0.335 e. The standard InChI is InChI=1S/C16H32O3/c1-4-6-7-8-9-10-11-12-13-19-16(18)15(17)14(3)5-2/h14-15,17H,4-13H2,1-3H3. The highest BCUT2D eigenvalue weighted by Crippen LogP contribution is 2.10. The van der Waals surface area contributed by atoms with Gasteiger partial charge in [-0.3, -0.25) is 0 Å². The van der Waals surface area contributed by atoms with Crippen molar-refractivity contribution in [2.75, 3.05) is 6.61 Å². The second-order valence-electron chi connectivity index (χ2n) is 5.47. The highest BCUT2D eigenvalue weighted by Gasteiger charge is 2.21. The molecule has 0 rings (SSSR count). The molecule has 0 aromatic heterocycles. The van der Waals surface area contributed by atoms with Crippen molar-refractivity contribution in [3.05, 3.63) is 0 Å². The van der Waals surface area contributed by atoms with Crippen LogP contribution in [0.2, 0.25) is 0 Å². The fraction of sp³-hybridized carbons (Fsp3) is 0.938. The molecule has 3 nitrogen and oxygen atoms in total. The van der Waals surface area contributed by atoms with E-state index in [2.05, 4.69) is 6.92 Å². The maximum atomic E-state index is 11.5. The van der Waals surface area contributed by atoms with Crippen molar-refractivity contribution in [1.29, 1.82) is 0 Å². The molecule has 0 spiro atoms. The molecule has 1 N–H and O–H groups in total. The molecule has 0 aromatic carbocycles. The van der Waals surface area contributed by atoms with Crippen molar-refractivity contribution < 1.29 is 14.6 Å². The van der Waals surface area contributed by atoms with Crippen LogP contribution in [0.4, 0.5) is 0 Å². The van der Waals surface area contributed by atoms with Gasteiger partial charge in [0.15, 0.2) is 6.10 Å². The Labute approximate surface area is 118 Å². The Kier molecular flexibility index (Phi) is 12.1. The third-order valence-electron chi connectivity index (χ3n) is 3.67. The average Bonchev–Trinajstić information content (AvgIpc) is 2.43. The number of carbonyl (C=O) groups excluding carboxylic acids is 1. The van der Waals surface area contributed by atoms with E-state index in [1.54, 1.807) is 0 Å². The van der Waals surface area contributed by atoms with Crippen LogP contribution in [-0.4, -0.2) is 23.8 Å². The highest BCUT2D eigenvalue weighted by molar-refractivity contribution is 5.74. The van der Waals surface area contributed by atoms with Gasteiger partial charge in [-0.2, -0.15) is 0 Å². The quantitative estimate of drug-likeness (QED) is 0.430. The van der Waals surface area contributed by atoms with E-state index in [0.717, 1.165) is 19.3 Å². The zero-order valence-electron chi connectivity index (χ0n) is 13.0. The molecule has 0 saturated heterocycles. The summed E-state index contributed by atoms with van der Waals surface area (Å²) in [5, 5.41) is 9.63. The Morgan fingerprint density at radius 1 is 1.00 bits per heavy atom. The lowest BCUT2D eigenvalue weighted by molar-refractivity contribution is -0.156. The van der Waals surface area contributed by atoms with E-state index in [-0.39, 0.29) is 5.92 Å². The topological polar surface area (TPSA) is 46.5 Å². The third-order valence-corrected chi connectivity index (χ3v) is 3.67. The first-order valence-electron chi connectivity index (χ1n) is 7.98. The van der Waals surface area contributed by atoms with Gasteiger partial charge in [-0.05, 0) is 12.3 Å². The van der Waals surface area contributed by atoms with Crippen LogP contribution in [0.15, 0.2) is 0 Å². The van der Waals surface area contributed by atoms with Crippen LogP contribution in [0.1, 0.15) is 78.6 Å². The molecule has 0 aliphatic rings. The second-order valence-corrected chi connectivity index (χ2v) is 5.47. The van der Waals surface area contributed by atoms with Crippen molar-refractivity contribution in [2.24, 2.45) is 5.92 Å². The molecule has 19 heavy (non-hydrogen) atoms. The molecule has 2 unspecified atom stereocenters. The number of aliphatic hydroxyl groups excluding tert-OH is 1. The van der Waals surface area contributed by atoms with Crippen LogP contribution in [0.3, 0.4) is 0 Å². The van der Waals surface area contributed by atoms with Crippen LogP contribution in [-0.2, 0) is 9.53 Å². The minimum atomic E-state index is -0.959. The minimum absolute atomic E-state index is 0.0222. The molecule has 0 radical (unpaired) electrons. The predicted octanol–water partition coefficient (Wildman–Crippen LogP) is 4.08. The molecule has 0 aliphatic carbocycles. The van der Waals surface area contributed by atoms with Crippen molar-refractivity contribution in [2.45, 2.75) is 84.7 Å². The van der Waals surface area contributed by atoms with Gasteiger partial charge in [0.25, 0.3) is 0 Å². The molecule has 2 atom stereocenters. The number of esters is 1. The van der Waals surface area contributed by atoms with Gasteiger partial charge in [-0.15, -0.1) is 0 Å². The molecule has 0 saturated carbocycles. The molecular weight excluding hydrogens is 240 g/mol. The van der Waals surface area contributed by atoms with Gasteiger partial charge in [-0.25, -0.2) is 4.79 Å². The van der Waals surface area contributed by atoms with Crippen molar-refractivity contribution >= 4 is 5.97 Å². The molecule has 3 heteroatoms. The van der Waals surface area contributed by atoms with Crippen molar-refractivity contribution in [3.8, 4) is 0 Å². The van der Waals surface area contributed by atoms with E-state index in [1.807, 2.05) is 13.8 Å². The van der Waals surface area contributed by atoms with Gasteiger partial charge >= 0.3 is 5.97 Å². The van der Waals surface area contributed by atoms with Gasteiger partial charge in [0.1, 0.15) is 0 Å². The first-order chi connectivity index (χ1) is 9.13. The van der Waals surface area contributed by atoms with Crippen LogP contribution < -0.4 is 0 Å². The Balaban J connectivity index is 3.36. The summed E-state index contributed by atoms with van der Waals surface area (Å²) >= 11 is 0. The first kappa shape index (κ1) is 18.4. The monoisotopic (exact) mass is 272 g/mol. The summed E-state index contributed by atoms with van der Waals surface area (Å²) in [6, 6.07) is 0. The van der Waals surface area contributed by atoms with Gasteiger partial charge in [0, 0.05) is 0 Å². The van der Waals surface area contributed by atoms with E-state index < -0.39 is 12.1 Å². The number of hydrogen-bond donors (Lipinski definition) is 1. The first-order valence-corrected chi connectivity index (χ1v) is 7.98. The summed E-state index contributed by atoms with van der Waals surface area (Å²) in [5.41, 5.74) is 0. The minimum Gasteiger partial charge on any atom is -0.464 e. The molecule has 0 bridgehead atoms. The number of hydrogen-bond acceptors (Lipinski definition) is 3. The number of ether oxygens (including phenoxy) is 1. The van der Waals surface area contributed by atoms with E-state index in [9.17, 15) is 9.90 Å². The summed E-state index contributed by atoms with van der Waals surface area (Å²) in [5.74, 6) is -0.483. The summed E-state index contributed by atoms with van der Waals surface area (Å²) in [4.78, 5) is 11.5. The molecule has 0 heterocycles. The van der Waals surface area contributed by atoms with E-state index in [4.69, 9.17) is 4.74 Å². The fourth-order valence-corrected chi connectivity index (χ4v) is 1.95. The van der Waals surface area contributed by atoms with Crippen LogP contribution in [0.25, 0.3) is 0 Å². The predicted molar refractivity (Wildman–Crippen MR) is 79.0 cm³/mol. The molecule has 114 valence electrons. The normalized spacial score (nSPS) is 14.1. The average molecular weight is 272 g/mol. The zero-order chi connectivity index (χ0) is 14.5. The van der Waals surface area contributed by atoms with E-state index in [1.165, 1.54) is 38.5 Å². The Hall–Kier alpha value is -0.570. The zero-order valence-corrected chi connectivity index (χ0v) is 13.0. The molecule has 0 aromatic rings. The number of aliphatic hydroxyl groups is 1. The van der Waals surface area contributed by atoms with E-state index in [0.29, 0.717) is 6.61 Å². The lowest BCUT2D eigenvalue weighted by Gasteiger charge is -2.15. The highest BCUT2D eigenvalue weighted by atomic mass is 16.5. The number of carbonyl (C=O) groups is 1. The summed E-state index contributed by atoms with van der Waals surface area (Å²) in [6.07, 6.45) is 9.63. The Bertz CT molecular complexity index is 216. The summed E-state index contributed by atoms with van der Waals surface area (Å²) in [6.45, 7) is 6.49. The van der Waals surface area contributed by atoms with Crippen molar-refractivity contribution in [3.63, 3.8) is 0 Å². The smallest absolute Gasteiger partial charge is 0.335 e. The number of rotatable bonds is 12. The molecular formula is C16H32O3. The largest absolute Gasteiger partial charge is 0.464 e. The van der Waals surface area contributed by atoms with Gasteiger partial charge in [-0.1, -0.05) is 72.1 Å². The van der Waals surface area contributed by atoms with E-state index >= 15 is 0 Å². The van der Waals surface area contributed by atoms with Crippen LogP contribution in [0.5, 0.6) is 0 Å². The lowest BCUT2D eigenvalue weighted by Crippen LogP contribution is -2.29. The summed E-state index contributed by atoms with van der Waals surface area (Å²) < 4.78 is 5.08.